The summed E-state index contributed by atoms with van der Waals surface area (Å²) in [4.78, 5) is 11.5. The van der Waals surface area contributed by atoms with Gasteiger partial charge in [-0.2, -0.15) is 0 Å². The van der Waals surface area contributed by atoms with E-state index in [1.54, 1.807) is 0 Å². The smallest absolute Gasteiger partial charge is 0.311 e. The molecule has 1 N–H and O–H groups in total. The Balaban J connectivity index is 2.05. The molecule has 1 atom stereocenters. The summed E-state index contributed by atoms with van der Waals surface area (Å²) >= 11 is 0. The Bertz CT molecular complexity index is 214. The minimum atomic E-state index is -0.369. The lowest BCUT2D eigenvalue weighted by atomic mass is 9.95. The van der Waals surface area contributed by atoms with Gasteiger partial charge >= 0.3 is 5.97 Å². The second kappa shape index (κ2) is 6.24. The van der Waals surface area contributed by atoms with E-state index in [1.807, 2.05) is 20.8 Å². The first kappa shape index (κ1) is 13.5. The Kier molecular flexibility index (Phi) is 5.26. The first-order valence-electron chi connectivity index (χ1n) is 6.38. The van der Waals surface area contributed by atoms with Crippen molar-refractivity contribution in [3.63, 3.8) is 0 Å². The first-order chi connectivity index (χ1) is 7.50. The number of carbonyl (C=O) groups is 1. The van der Waals surface area contributed by atoms with Crippen molar-refractivity contribution in [2.45, 2.75) is 46.5 Å². The molecule has 0 aromatic rings. The third kappa shape index (κ3) is 4.97. The Morgan fingerprint density at radius 1 is 1.44 bits per heavy atom. The zero-order valence-corrected chi connectivity index (χ0v) is 10.8. The van der Waals surface area contributed by atoms with E-state index < -0.39 is 0 Å². The molecule has 1 aliphatic heterocycles. The summed E-state index contributed by atoms with van der Waals surface area (Å²) in [5, 5.41) is 3.40. The van der Waals surface area contributed by atoms with Gasteiger partial charge in [-0.15, -0.1) is 0 Å². The van der Waals surface area contributed by atoms with Crippen molar-refractivity contribution in [3.8, 4) is 0 Å². The minimum absolute atomic E-state index is 0.0886. The molecule has 0 spiro atoms. The quantitative estimate of drug-likeness (QED) is 0.592. The molecular formula is C13H25NO2. The van der Waals surface area contributed by atoms with Gasteiger partial charge in [0.15, 0.2) is 0 Å². The highest BCUT2D eigenvalue weighted by Crippen LogP contribution is 2.18. The molecule has 16 heavy (non-hydrogen) atoms. The van der Waals surface area contributed by atoms with Crippen LogP contribution in [0.5, 0.6) is 0 Å². The molecule has 3 heteroatoms. The van der Waals surface area contributed by atoms with Gasteiger partial charge in [0.2, 0.25) is 0 Å². The van der Waals surface area contributed by atoms with Crippen LogP contribution < -0.4 is 5.32 Å². The molecule has 1 aliphatic rings. The Morgan fingerprint density at radius 2 is 2.19 bits per heavy atom. The predicted molar refractivity (Wildman–Crippen MR) is 65.2 cm³/mol. The third-order valence-electron chi connectivity index (χ3n) is 3.00. The number of ether oxygens (including phenoxy) is 1. The molecule has 1 unspecified atom stereocenters. The average molecular weight is 227 g/mol. The number of carbonyl (C=O) groups excluding carboxylic acids is 1. The fraction of sp³-hybridized carbons (Fsp3) is 0.923. The van der Waals surface area contributed by atoms with Crippen LogP contribution in [0.25, 0.3) is 0 Å². The number of hydrogen-bond donors (Lipinski definition) is 1. The second-order valence-electron chi connectivity index (χ2n) is 5.74. The van der Waals surface area contributed by atoms with Crippen LogP contribution in [0.2, 0.25) is 0 Å². The minimum Gasteiger partial charge on any atom is -0.465 e. The predicted octanol–water partition coefficient (Wildman–Crippen LogP) is 2.36. The zero-order chi connectivity index (χ0) is 12.0. The second-order valence-corrected chi connectivity index (χ2v) is 5.74. The number of esters is 1. The molecule has 0 saturated carbocycles. The van der Waals surface area contributed by atoms with E-state index >= 15 is 0 Å². The van der Waals surface area contributed by atoms with E-state index in [9.17, 15) is 4.79 Å². The van der Waals surface area contributed by atoms with Crippen molar-refractivity contribution in [1.29, 1.82) is 0 Å². The van der Waals surface area contributed by atoms with E-state index in [0.29, 0.717) is 6.61 Å². The normalized spacial score (nSPS) is 21.8. The summed E-state index contributed by atoms with van der Waals surface area (Å²) in [5.41, 5.74) is -0.369. The molecule has 0 aromatic carbocycles. The maximum atomic E-state index is 11.5. The van der Waals surface area contributed by atoms with E-state index in [-0.39, 0.29) is 11.4 Å². The average Bonchev–Trinajstić information content (AvgIpc) is 2.24. The molecular weight excluding hydrogens is 202 g/mol. The Labute approximate surface area is 98.9 Å². The molecule has 1 saturated heterocycles. The van der Waals surface area contributed by atoms with Gasteiger partial charge in [-0.3, -0.25) is 4.79 Å². The summed E-state index contributed by atoms with van der Waals surface area (Å²) in [6.07, 6.45) is 4.77. The van der Waals surface area contributed by atoms with Gasteiger partial charge < -0.3 is 10.1 Å². The van der Waals surface area contributed by atoms with Crippen LogP contribution in [0, 0.1) is 11.3 Å². The lowest BCUT2D eigenvalue weighted by Crippen LogP contribution is -2.30. The molecule has 0 bridgehead atoms. The summed E-state index contributed by atoms with van der Waals surface area (Å²) < 4.78 is 5.24. The van der Waals surface area contributed by atoms with E-state index in [1.165, 1.54) is 19.3 Å². The van der Waals surface area contributed by atoms with E-state index in [0.717, 1.165) is 25.4 Å². The topological polar surface area (TPSA) is 38.3 Å². The summed E-state index contributed by atoms with van der Waals surface area (Å²) in [6, 6.07) is 0. The first-order valence-corrected chi connectivity index (χ1v) is 6.38. The molecule has 1 heterocycles. The highest BCUT2D eigenvalue weighted by molar-refractivity contribution is 5.75. The molecule has 3 nitrogen and oxygen atoms in total. The molecule has 0 aliphatic carbocycles. The molecule has 0 amide bonds. The fourth-order valence-corrected chi connectivity index (χ4v) is 1.92. The van der Waals surface area contributed by atoms with E-state index in [4.69, 9.17) is 4.74 Å². The van der Waals surface area contributed by atoms with Crippen LogP contribution in [0.3, 0.4) is 0 Å². The maximum Gasteiger partial charge on any atom is 0.311 e. The highest BCUT2D eigenvalue weighted by atomic mass is 16.5. The van der Waals surface area contributed by atoms with Crippen LogP contribution in [0.1, 0.15) is 46.5 Å². The maximum absolute atomic E-state index is 11.5. The van der Waals surface area contributed by atoms with Crippen LogP contribution in [0.4, 0.5) is 0 Å². The van der Waals surface area contributed by atoms with Crippen LogP contribution in [0.15, 0.2) is 0 Å². The van der Waals surface area contributed by atoms with Crippen molar-refractivity contribution in [3.05, 3.63) is 0 Å². The Morgan fingerprint density at radius 3 is 2.75 bits per heavy atom. The third-order valence-corrected chi connectivity index (χ3v) is 3.00. The van der Waals surface area contributed by atoms with Crippen molar-refractivity contribution in [1.82, 2.24) is 5.32 Å². The molecule has 0 radical (unpaired) electrons. The number of hydrogen-bond acceptors (Lipinski definition) is 3. The Hall–Kier alpha value is -0.570. The standard InChI is InChI=1S/C13H25NO2/c1-13(2,3)12(15)16-9-5-7-11-6-4-8-14-10-11/h11,14H,4-10H2,1-3H3. The zero-order valence-electron chi connectivity index (χ0n) is 10.8. The molecule has 1 rings (SSSR count). The van der Waals surface area contributed by atoms with Crippen molar-refractivity contribution in [2.75, 3.05) is 19.7 Å². The van der Waals surface area contributed by atoms with Gasteiger partial charge in [-0.05, 0) is 65.5 Å². The van der Waals surface area contributed by atoms with Crippen LogP contribution in [-0.4, -0.2) is 25.7 Å². The van der Waals surface area contributed by atoms with Gasteiger partial charge in [0.1, 0.15) is 0 Å². The molecule has 94 valence electrons. The van der Waals surface area contributed by atoms with Crippen LogP contribution in [-0.2, 0) is 9.53 Å². The summed E-state index contributed by atoms with van der Waals surface area (Å²) in [7, 11) is 0. The van der Waals surface area contributed by atoms with Crippen molar-refractivity contribution in [2.24, 2.45) is 11.3 Å². The lowest BCUT2D eigenvalue weighted by molar-refractivity contribution is -0.153. The number of rotatable bonds is 4. The van der Waals surface area contributed by atoms with E-state index in [2.05, 4.69) is 5.32 Å². The number of nitrogens with one attached hydrogen (secondary N) is 1. The van der Waals surface area contributed by atoms with Gasteiger partial charge in [-0.25, -0.2) is 0 Å². The van der Waals surface area contributed by atoms with Gasteiger partial charge in [0, 0.05) is 0 Å². The largest absolute Gasteiger partial charge is 0.465 e. The van der Waals surface area contributed by atoms with Crippen molar-refractivity contribution < 1.29 is 9.53 Å². The van der Waals surface area contributed by atoms with Gasteiger partial charge in [0.05, 0.1) is 12.0 Å². The molecule has 1 fully saturated rings. The summed E-state index contributed by atoms with van der Waals surface area (Å²) in [6.45, 7) is 8.54. The van der Waals surface area contributed by atoms with Gasteiger partial charge in [0.25, 0.3) is 0 Å². The highest BCUT2D eigenvalue weighted by Gasteiger charge is 2.22. The van der Waals surface area contributed by atoms with Crippen LogP contribution >= 0.6 is 0 Å². The monoisotopic (exact) mass is 227 g/mol. The van der Waals surface area contributed by atoms with Crippen molar-refractivity contribution >= 4 is 5.97 Å². The van der Waals surface area contributed by atoms with Gasteiger partial charge in [-0.1, -0.05) is 0 Å². The SMILES string of the molecule is CC(C)(C)C(=O)OCCCC1CCCNC1. The fourth-order valence-electron chi connectivity index (χ4n) is 1.92. The molecule has 0 aromatic heterocycles. The lowest BCUT2D eigenvalue weighted by Gasteiger charge is -2.22. The summed E-state index contributed by atoms with van der Waals surface area (Å²) in [5.74, 6) is 0.691. The number of piperidine rings is 1.